The lowest BCUT2D eigenvalue weighted by Crippen LogP contribution is -2.49. The third-order valence-electron chi connectivity index (χ3n) is 5.96. The largest absolute Gasteiger partial charge is 0.316 e. The zero-order valence-electron chi connectivity index (χ0n) is 11.7. The van der Waals surface area contributed by atoms with E-state index >= 15 is 0 Å². The molecule has 0 amide bonds. The molecule has 0 radical (unpaired) electrons. The van der Waals surface area contributed by atoms with Crippen LogP contribution in [-0.4, -0.2) is 13.1 Å². The number of rotatable bonds is 2. The van der Waals surface area contributed by atoms with Crippen molar-refractivity contribution < 1.29 is 0 Å². The fourth-order valence-electron chi connectivity index (χ4n) is 4.92. The molecule has 1 spiro atoms. The van der Waals surface area contributed by atoms with E-state index in [0.717, 1.165) is 29.1 Å². The van der Waals surface area contributed by atoms with E-state index < -0.39 is 0 Å². The van der Waals surface area contributed by atoms with E-state index in [0.29, 0.717) is 0 Å². The molecule has 17 heavy (non-hydrogen) atoms. The van der Waals surface area contributed by atoms with Crippen molar-refractivity contribution in [3.8, 4) is 0 Å². The first-order valence-electron chi connectivity index (χ1n) is 7.92. The van der Waals surface area contributed by atoms with E-state index in [1.54, 1.807) is 25.7 Å². The molecule has 2 aliphatic carbocycles. The third-order valence-corrected chi connectivity index (χ3v) is 5.96. The number of piperidine rings is 1. The molecule has 98 valence electrons. The smallest absolute Gasteiger partial charge is 0.00127 e. The van der Waals surface area contributed by atoms with Gasteiger partial charge >= 0.3 is 0 Å². The van der Waals surface area contributed by atoms with Crippen molar-refractivity contribution >= 4 is 0 Å². The summed E-state index contributed by atoms with van der Waals surface area (Å²) in [5, 5.41) is 3.65. The van der Waals surface area contributed by atoms with Crippen LogP contribution in [0.5, 0.6) is 0 Å². The first-order chi connectivity index (χ1) is 8.21. The van der Waals surface area contributed by atoms with Crippen LogP contribution >= 0.6 is 0 Å². The highest BCUT2D eigenvalue weighted by atomic mass is 14.9. The van der Waals surface area contributed by atoms with Crippen LogP contribution < -0.4 is 5.32 Å². The number of hydrogen-bond acceptors (Lipinski definition) is 1. The fourth-order valence-corrected chi connectivity index (χ4v) is 4.92. The van der Waals surface area contributed by atoms with Crippen LogP contribution in [0.15, 0.2) is 0 Å². The van der Waals surface area contributed by atoms with Crippen LogP contribution in [0.2, 0.25) is 0 Å². The van der Waals surface area contributed by atoms with Gasteiger partial charge in [-0.15, -0.1) is 0 Å². The van der Waals surface area contributed by atoms with Crippen molar-refractivity contribution in [1.82, 2.24) is 5.32 Å². The van der Waals surface area contributed by atoms with Crippen LogP contribution in [0.1, 0.15) is 58.8 Å². The Morgan fingerprint density at radius 2 is 1.88 bits per heavy atom. The van der Waals surface area contributed by atoms with Crippen LogP contribution in [0.25, 0.3) is 0 Å². The van der Waals surface area contributed by atoms with Gasteiger partial charge in [-0.05, 0) is 74.3 Å². The Kier molecular flexibility index (Phi) is 3.23. The standard InChI is InChI=1S/C16H29N/c1-12(2)15-11-17-9-8-16(15)7-3-4-14(10-16)13-5-6-13/h12-15,17H,3-11H2,1-2H3. The molecule has 1 N–H and O–H groups in total. The van der Waals surface area contributed by atoms with E-state index in [1.807, 2.05) is 0 Å². The molecule has 3 aliphatic rings. The Bertz CT molecular complexity index is 265. The van der Waals surface area contributed by atoms with E-state index in [9.17, 15) is 0 Å². The molecule has 3 fully saturated rings. The summed E-state index contributed by atoms with van der Waals surface area (Å²) >= 11 is 0. The summed E-state index contributed by atoms with van der Waals surface area (Å²) in [6.45, 7) is 7.45. The van der Waals surface area contributed by atoms with Crippen molar-refractivity contribution in [2.45, 2.75) is 58.8 Å². The van der Waals surface area contributed by atoms with Crippen LogP contribution in [0, 0.1) is 29.1 Å². The van der Waals surface area contributed by atoms with Crippen LogP contribution in [0.3, 0.4) is 0 Å². The maximum atomic E-state index is 3.65. The van der Waals surface area contributed by atoms with Crippen molar-refractivity contribution in [2.24, 2.45) is 29.1 Å². The Balaban J connectivity index is 1.76. The maximum Gasteiger partial charge on any atom is -0.00127 e. The highest BCUT2D eigenvalue weighted by Crippen LogP contribution is 2.55. The van der Waals surface area contributed by atoms with Gasteiger partial charge in [0.1, 0.15) is 0 Å². The van der Waals surface area contributed by atoms with Gasteiger partial charge in [-0.25, -0.2) is 0 Å². The van der Waals surface area contributed by atoms with Crippen LogP contribution in [0.4, 0.5) is 0 Å². The quantitative estimate of drug-likeness (QED) is 0.767. The van der Waals surface area contributed by atoms with Crippen molar-refractivity contribution in [1.29, 1.82) is 0 Å². The predicted octanol–water partition coefficient (Wildman–Crippen LogP) is 3.84. The molecule has 1 heterocycles. The third kappa shape index (κ3) is 2.28. The molecular weight excluding hydrogens is 206 g/mol. The summed E-state index contributed by atoms with van der Waals surface area (Å²) in [6, 6.07) is 0. The summed E-state index contributed by atoms with van der Waals surface area (Å²) in [4.78, 5) is 0. The molecule has 0 aromatic carbocycles. The maximum absolute atomic E-state index is 3.65. The molecule has 1 heteroatoms. The average molecular weight is 235 g/mol. The van der Waals surface area contributed by atoms with E-state index in [1.165, 1.54) is 32.4 Å². The van der Waals surface area contributed by atoms with Crippen molar-refractivity contribution in [2.75, 3.05) is 13.1 Å². The zero-order valence-corrected chi connectivity index (χ0v) is 11.7. The average Bonchev–Trinajstić information content (AvgIpc) is 3.13. The molecule has 1 nitrogen and oxygen atoms in total. The summed E-state index contributed by atoms with van der Waals surface area (Å²) in [5.74, 6) is 4.04. The second kappa shape index (κ2) is 4.57. The van der Waals surface area contributed by atoms with Gasteiger partial charge in [0.05, 0.1) is 0 Å². The van der Waals surface area contributed by atoms with Gasteiger partial charge in [-0.1, -0.05) is 26.7 Å². The van der Waals surface area contributed by atoms with Crippen molar-refractivity contribution in [3.63, 3.8) is 0 Å². The minimum Gasteiger partial charge on any atom is -0.316 e. The summed E-state index contributed by atoms with van der Waals surface area (Å²) in [5.41, 5.74) is 0.727. The Labute approximate surface area is 107 Å². The van der Waals surface area contributed by atoms with Gasteiger partial charge in [0.2, 0.25) is 0 Å². The lowest BCUT2D eigenvalue weighted by atomic mass is 9.57. The van der Waals surface area contributed by atoms with Gasteiger partial charge in [-0.3, -0.25) is 0 Å². The van der Waals surface area contributed by atoms with Gasteiger partial charge in [0, 0.05) is 0 Å². The molecule has 0 aromatic rings. The highest BCUT2D eigenvalue weighted by molar-refractivity contribution is 4.99. The zero-order chi connectivity index (χ0) is 11.9. The lowest BCUT2D eigenvalue weighted by molar-refractivity contribution is 0.00394. The SMILES string of the molecule is CC(C)C1CNCCC12CCCC(C1CC1)C2. The second-order valence-corrected chi connectivity index (χ2v) is 7.36. The summed E-state index contributed by atoms with van der Waals surface area (Å²) < 4.78 is 0. The Morgan fingerprint density at radius 1 is 1.06 bits per heavy atom. The van der Waals surface area contributed by atoms with Crippen LogP contribution in [-0.2, 0) is 0 Å². The lowest BCUT2D eigenvalue weighted by Gasteiger charge is -2.51. The molecule has 3 unspecified atom stereocenters. The molecule has 0 bridgehead atoms. The molecule has 1 aliphatic heterocycles. The number of nitrogens with one attached hydrogen (secondary N) is 1. The van der Waals surface area contributed by atoms with E-state index in [4.69, 9.17) is 0 Å². The highest BCUT2D eigenvalue weighted by Gasteiger charge is 2.47. The van der Waals surface area contributed by atoms with E-state index in [-0.39, 0.29) is 0 Å². The molecule has 1 saturated heterocycles. The minimum absolute atomic E-state index is 0.727. The molecule has 0 aromatic heterocycles. The fraction of sp³-hybridized carbons (Fsp3) is 1.00. The number of hydrogen-bond donors (Lipinski definition) is 1. The molecular formula is C16H29N. The van der Waals surface area contributed by atoms with Gasteiger partial charge in [0.15, 0.2) is 0 Å². The first kappa shape index (κ1) is 12.0. The Hall–Kier alpha value is -0.0400. The Morgan fingerprint density at radius 3 is 2.59 bits per heavy atom. The van der Waals surface area contributed by atoms with Crippen molar-refractivity contribution in [3.05, 3.63) is 0 Å². The monoisotopic (exact) mass is 235 g/mol. The second-order valence-electron chi connectivity index (χ2n) is 7.36. The topological polar surface area (TPSA) is 12.0 Å². The van der Waals surface area contributed by atoms with E-state index in [2.05, 4.69) is 19.2 Å². The van der Waals surface area contributed by atoms with Gasteiger partial charge in [0.25, 0.3) is 0 Å². The molecule has 3 atom stereocenters. The van der Waals surface area contributed by atoms with Gasteiger partial charge < -0.3 is 5.32 Å². The minimum atomic E-state index is 0.727. The first-order valence-corrected chi connectivity index (χ1v) is 7.92. The van der Waals surface area contributed by atoms with Gasteiger partial charge in [-0.2, -0.15) is 0 Å². The summed E-state index contributed by atoms with van der Waals surface area (Å²) in [7, 11) is 0. The normalized spacial score (nSPS) is 43.2. The predicted molar refractivity (Wildman–Crippen MR) is 72.9 cm³/mol. The molecule has 2 saturated carbocycles. The molecule has 3 rings (SSSR count). The summed E-state index contributed by atoms with van der Waals surface area (Å²) in [6.07, 6.45) is 10.7.